The highest BCUT2D eigenvalue weighted by Gasteiger charge is 2.28. The van der Waals surface area contributed by atoms with E-state index in [9.17, 15) is 14.4 Å². The third-order valence-electron chi connectivity index (χ3n) is 3.66. The van der Waals surface area contributed by atoms with E-state index >= 15 is 0 Å². The summed E-state index contributed by atoms with van der Waals surface area (Å²) in [4.78, 5) is 37.9. The molecular formula is C17H22N4O3. The number of nitrogens with one attached hydrogen (secondary N) is 1. The summed E-state index contributed by atoms with van der Waals surface area (Å²) in [7, 11) is 0. The van der Waals surface area contributed by atoms with Crippen molar-refractivity contribution >= 4 is 29.1 Å². The molecule has 0 aromatic heterocycles. The Morgan fingerprint density at radius 3 is 2.54 bits per heavy atom. The minimum Gasteiger partial charge on any atom is -0.355 e. The Kier molecular flexibility index (Phi) is 6.06. The summed E-state index contributed by atoms with van der Waals surface area (Å²) in [6.07, 6.45) is 0.505. The van der Waals surface area contributed by atoms with E-state index in [1.54, 1.807) is 19.1 Å². The lowest BCUT2D eigenvalue weighted by molar-refractivity contribution is -0.131. The fourth-order valence-corrected chi connectivity index (χ4v) is 2.41. The molecule has 0 radical (unpaired) electrons. The number of hydrogen-bond acceptors (Lipinski definition) is 4. The van der Waals surface area contributed by atoms with Crippen molar-refractivity contribution in [1.29, 1.82) is 0 Å². The molecule has 2 rings (SSSR count). The van der Waals surface area contributed by atoms with E-state index in [0.29, 0.717) is 24.5 Å². The van der Waals surface area contributed by atoms with Crippen molar-refractivity contribution in [3.8, 4) is 0 Å². The summed E-state index contributed by atoms with van der Waals surface area (Å²) in [5, 5.41) is 8.17. The lowest BCUT2D eigenvalue weighted by Gasteiger charge is -2.26. The van der Waals surface area contributed by atoms with Crippen LogP contribution >= 0.6 is 0 Å². The molecule has 1 heterocycles. The molecular weight excluding hydrogens is 308 g/mol. The number of carbonyl (C=O) groups excluding carboxylic acids is 3. The van der Waals surface area contributed by atoms with Crippen molar-refractivity contribution in [3.63, 3.8) is 0 Å². The number of anilines is 1. The minimum absolute atomic E-state index is 0.0124. The maximum atomic E-state index is 12.6. The molecule has 0 saturated carbocycles. The Bertz CT molecular complexity index is 642. The summed E-state index contributed by atoms with van der Waals surface area (Å²) < 4.78 is 0. The summed E-state index contributed by atoms with van der Waals surface area (Å²) in [5.74, 6) is -0.665. The first-order chi connectivity index (χ1) is 11.6. The maximum absolute atomic E-state index is 12.6. The second-order valence-electron chi connectivity index (χ2n) is 5.36. The lowest BCUT2D eigenvalue weighted by Crippen LogP contribution is -2.45. The number of para-hydroxylation sites is 1. The van der Waals surface area contributed by atoms with Gasteiger partial charge in [0.15, 0.2) is 0 Å². The van der Waals surface area contributed by atoms with Gasteiger partial charge in [-0.15, -0.1) is 0 Å². The zero-order valence-corrected chi connectivity index (χ0v) is 14.0. The first-order valence-corrected chi connectivity index (χ1v) is 8.08. The van der Waals surface area contributed by atoms with Gasteiger partial charge in [-0.1, -0.05) is 18.2 Å². The average Bonchev–Trinajstić information content (AvgIpc) is 2.60. The predicted molar refractivity (Wildman–Crippen MR) is 91.5 cm³/mol. The van der Waals surface area contributed by atoms with Crippen molar-refractivity contribution in [3.05, 3.63) is 30.3 Å². The molecule has 24 heavy (non-hydrogen) atoms. The highest BCUT2D eigenvalue weighted by molar-refractivity contribution is 6.40. The standard InChI is InChI=1S/C17H22N4O3/c1-3-18-15(22)12-20(4-2)17(24)14-10-11-16(23)21(19-14)13-8-6-5-7-9-13/h5-9H,3-4,10-12H2,1-2H3,(H,18,22). The molecule has 7 heteroatoms. The molecule has 0 atom stereocenters. The van der Waals surface area contributed by atoms with E-state index in [-0.39, 0.29) is 37.1 Å². The van der Waals surface area contributed by atoms with Crippen LogP contribution in [0.4, 0.5) is 5.69 Å². The molecule has 0 saturated heterocycles. The van der Waals surface area contributed by atoms with Crippen molar-refractivity contribution in [2.24, 2.45) is 5.10 Å². The fraction of sp³-hybridized carbons (Fsp3) is 0.412. The average molecular weight is 330 g/mol. The number of likely N-dealkylation sites (N-methyl/N-ethyl adjacent to an activating group) is 2. The number of nitrogens with zero attached hydrogens (tertiary/aromatic N) is 3. The summed E-state index contributed by atoms with van der Waals surface area (Å²) >= 11 is 0. The molecule has 128 valence electrons. The third-order valence-corrected chi connectivity index (χ3v) is 3.66. The topological polar surface area (TPSA) is 82.1 Å². The quantitative estimate of drug-likeness (QED) is 0.849. The Balaban J connectivity index is 2.18. The van der Waals surface area contributed by atoms with Gasteiger partial charge in [-0.2, -0.15) is 5.10 Å². The van der Waals surface area contributed by atoms with Crippen molar-refractivity contribution in [2.75, 3.05) is 24.6 Å². The largest absolute Gasteiger partial charge is 0.355 e. The zero-order chi connectivity index (χ0) is 17.5. The normalized spacial score (nSPS) is 14.2. The first-order valence-electron chi connectivity index (χ1n) is 8.08. The second kappa shape index (κ2) is 8.24. The van der Waals surface area contributed by atoms with Gasteiger partial charge >= 0.3 is 0 Å². The van der Waals surface area contributed by atoms with Gasteiger partial charge in [-0.3, -0.25) is 14.4 Å². The van der Waals surface area contributed by atoms with Gasteiger partial charge in [0, 0.05) is 25.9 Å². The molecule has 1 aromatic carbocycles. The summed E-state index contributed by atoms with van der Waals surface area (Å²) in [6, 6.07) is 8.99. The van der Waals surface area contributed by atoms with Gasteiger partial charge in [0.2, 0.25) is 11.8 Å². The molecule has 1 aliphatic heterocycles. The molecule has 1 N–H and O–H groups in total. The van der Waals surface area contributed by atoms with Crippen LogP contribution < -0.4 is 10.3 Å². The molecule has 0 unspecified atom stereocenters. The number of hydrogen-bond donors (Lipinski definition) is 1. The van der Waals surface area contributed by atoms with Crippen LogP contribution in [0.5, 0.6) is 0 Å². The number of hydrazone groups is 1. The van der Waals surface area contributed by atoms with Gasteiger partial charge in [-0.05, 0) is 26.0 Å². The molecule has 7 nitrogen and oxygen atoms in total. The smallest absolute Gasteiger partial charge is 0.270 e. The van der Waals surface area contributed by atoms with Crippen LogP contribution in [0.2, 0.25) is 0 Å². The monoisotopic (exact) mass is 330 g/mol. The van der Waals surface area contributed by atoms with Crippen LogP contribution in [-0.2, 0) is 14.4 Å². The number of carbonyl (C=O) groups is 3. The summed E-state index contributed by atoms with van der Waals surface area (Å²) in [5.41, 5.74) is 0.920. The van der Waals surface area contributed by atoms with Gasteiger partial charge < -0.3 is 10.2 Å². The fourth-order valence-electron chi connectivity index (χ4n) is 2.41. The molecule has 0 bridgehead atoms. The van der Waals surface area contributed by atoms with E-state index < -0.39 is 0 Å². The lowest BCUT2D eigenvalue weighted by atomic mass is 10.1. The second-order valence-corrected chi connectivity index (χ2v) is 5.36. The van der Waals surface area contributed by atoms with Crippen LogP contribution in [-0.4, -0.2) is 48.0 Å². The Labute approximate surface area is 141 Å². The van der Waals surface area contributed by atoms with Crippen molar-refractivity contribution in [2.45, 2.75) is 26.7 Å². The Morgan fingerprint density at radius 2 is 1.92 bits per heavy atom. The third kappa shape index (κ3) is 4.18. The zero-order valence-electron chi connectivity index (χ0n) is 14.0. The van der Waals surface area contributed by atoms with Gasteiger partial charge in [0.05, 0.1) is 12.2 Å². The van der Waals surface area contributed by atoms with Gasteiger partial charge in [-0.25, -0.2) is 5.01 Å². The summed E-state index contributed by atoms with van der Waals surface area (Å²) in [6.45, 7) is 4.53. The SMILES string of the molecule is CCNC(=O)CN(CC)C(=O)C1=NN(c2ccccc2)C(=O)CC1. The van der Waals surface area contributed by atoms with E-state index in [1.165, 1.54) is 9.91 Å². The van der Waals surface area contributed by atoms with Crippen LogP contribution in [0, 0.1) is 0 Å². The highest BCUT2D eigenvalue weighted by atomic mass is 16.2. The van der Waals surface area contributed by atoms with Crippen molar-refractivity contribution < 1.29 is 14.4 Å². The van der Waals surface area contributed by atoms with Crippen LogP contribution in [0.15, 0.2) is 35.4 Å². The molecule has 1 aromatic rings. The van der Waals surface area contributed by atoms with E-state index in [0.717, 1.165) is 0 Å². The minimum atomic E-state index is -0.308. The number of amides is 3. The number of rotatable bonds is 6. The van der Waals surface area contributed by atoms with E-state index in [1.807, 2.05) is 25.1 Å². The molecule has 0 spiro atoms. The van der Waals surface area contributed by atoms with Gasteiger partial charge in [0.25, 0.3) is 5.91 Å². The predicted octanol–water partition coefficient (Wildman–Crippen LogP) is 1.15. The van der Waals surface area contributed by atoms with E-state index in [4.69, 9.17) is 0 Å². The van der Waals surface area contributed by atoms with E-state index in [2.05, 4.69) is 10.4 Å². The van der Waals surface area contributed by atoms with Crippen LogP contribution in [0.3, 0.4) is 0 Å². The number of benzene rings is 1. The van der Waals surface area contributed by atoms with Crippen LogP contribution in [0.25, 0.3) is 0 Å². The highest BCUT2D eigenvalue weighted by Crippen LogP contribution is 2.20. The Hall–Kier alpha value is -2.70. The Morgan fingerprint density at radius 1 is 1.21 bits per heavy atom. The molecule has 1 aliphatic rings. The van der Waals surface area contributed by atoms with Gasteiger partial charge in [0.1, 0.15) is 5.71 Å². The van der Waals surface area contributed by atoms with Crippen molar-refractivity contribution in [1.82, 2.24) is 10.2 Å². The first kappa shape index (κ1) is 17.7. The van der Waals surface area contributed by atoms with Crippen LogP contribution in [0.1, 0.15) is 26.7 Å². The molecule has 0 fully saturated rings. The molecule has 3 amide bonds. The molecule has 0 aliphatic carbocycles. The maximum Gasteiger partial charge on any atom is 0.270 e.